The Labute approximate surface area is 108 Å². The summed E-state index contributed by atoms with van der Waals surface area (Å²) in [5, 5.41) is 8.83. The van der Waals surface area contributed by atoms with Gasteiger partial charge in [0.15, 0.2) is 11.6 Å². The van der Waals surface area contributed by atoms with Crippen LogP contribution >= 0.6 is 0 Å². The lowest BCUT2D eigenvalue weighted by Gasteiger charge is -2.41. The van der Waals surface area contributed by atoms with Crippen molar-refractivity contribution < 1.29 is 23.1 Å². The van der Waals surface area contributed by atoms with Crippen molar-refractivity contribution in [2.24, 2.45) is 11.8 Å². The number of hydrogen-bond donors (Lipinski definition) is 1. The number of likely N-dealkylation sites (tertiary alicyclic amines) is 1. The molecule has 1 atom stereocenters. The van der Waals surface area contributed by atoms with Crippen LogP contribution in [0.1, 0.15) is 12.5 Å². The highest BCUT2D eigenvalue weighted by Crippen LogP contribution is 2.26. The van der Waals surface area contributed by atoms with E-state index in [2.05, 4.69) is 0 Å². The third-order valence-electron chi connectivity index (χ3n) is 3.57. The van der Waals surface area contributed by atoms with Crippen LogP contribution in [0, 0.1) is 29.3 Å². The van der Waals surface area contributed by atoms with Gasteiger partial charge in [-0.1, -0.05) is 6.92 Å². The van der Waals surface area contributed by atoms with E-state index in [4.69, 9.17) is 5.11 Å². The molecule has 1 aliphatic heterocycles. The van der Waals surface area contributed by atoms with E-state index in [1.54, 1.807) is 11.8 Å². The molecule has 19 heavy (non-hydrogen) atoms. The zero-order valence-electron chi connectivity index (χ0n) is 10.4. The van der Waals surface area contributed by atoms with Crippen LogP contribution in [0.15, 0.2) is 12.1 Å². The summed E-state index contributed by atoms with van der Waals surface area (Å²) in [5.41, 5.74) is 0.0836. The van der Waals surface area contributed by atoms with E-state index in [0.717, 1.165) is 6.07 Å². The molecule has 1 fully saturated rings. The molecular formula is C13H14F3NO2. The number of hydrogen-bond acceptors (Lipinski definition) is 2. The van der Waals surface area contributed by atoms with Crippen molar-refractivity contribution in [3.8, 4) is 0 Å². The van der Waals surface area contributed by atoms with Crippen LogP contribution in [0.3, 0.4) is 0 Å². The fraction of sp³-hybridized carbons (Fsp3) is 0.462. The van der Waals surface area contributed by atoms with Gasteiger partial charge in [0.25, 0.3) is 0 Å². The SMILES string of the molecule is CC(C(=O)O)C1CN(Cc2cc(F)c(F)cc2F)C1. The Balaban J connectivity index is 1.95. The lowest BCUT2D eigenvalue weighted by Crippen LogP contribution is -2.50. The van der Waals surface area contributed by atoms with Crippen molar-refractivity contribution in [3.05, 3.63) is 35.1 Å². The molecule has 1 aliphatic rings. The Bertz CT molecular complexity index is 501. The summed E-state index contributed by atoms with van der Waals surface area (Å²) in [6.45, 7) is 2.83. The quantitative estimate of drug-likeness (QED) is 0.855. The van der Waals surface area contributed by atoms with Crippen molar-refractivity contribution in [2.75, 3.05) is 13.1 Å². The van der Waals surface area contributed by atoms with Gasteiger partial charge in [-0.3, -0.25) is 9.69 Å². The molecule has 0 saturated carbocycles. The Morgan fingerprint density at radius 1 is 1.32 bits per heavy atom. The largest absolute Gasteiger partial charge is 0.481 e. The molecule has 0 radical (unpaired) electrons. The maximum atomic E-state index is 13.4. The van der Waals surface area contributed by atoms with Gasteiger partial charge in [-0.15, -0.1) is 0 Å². The molecule has 0 amide bonds. The fourth-order valence-electron chi connectivity index (χ4n) is 2.18. The summed E-state index contributed by atoms with van der Waals surface area (Å²) < 4.78 is 39.2. The summed E-state index contributed by atoms with van der Waals surface area (Å²) in [4.78, 5) is 12.6. The third-order valence-corrected chi connectivity index (χ3v) is 3.57. The minimum Gasteiger partial charge on any atom is -0.481 e. The van der Waals surface area contributed by atoms with Gasteiger partial charge in [-0.05, 0) is 12.0 Å². The predicted octanol–water partition coefficient (Wildman–Crippen LogP) is 2.26. The average Bonchev–Trinajstić information content (AvgIpc) is 2.28. The van der Waals surface area contributed by atoms with E-state index < -0.39 is 29.3 Å². The van der Waals surface area contributed by atoms with Gasteiger partial charge in [0.1, 0.15) is 5.82 Å². The maximum Gasteiger partial charge on any atom is 0.306 e. The molecule has 0 aromatic heterocycles. The lowest BCUT2D eigenvalue weighted by atomic mass is 9.87. The monoisotopic (exact) mass is 273 g/mol. The number of carbonyl (C=O) groups is 1. The Hall–Kier alpha value is -1.56. The second-order valence-electron chi connectivity index (χ2n) is 4.94. The summed E-state index contributed by atoms with van der Waals surface area (Å²) >= 11 is 0. The van der Waals surface area contributed by atoms with Gasteiger partial charge >= 0.3 is 5.97 Å². The molecule has 0 bridgehead atoms. The van der Waals surface area contributed by atoms with Crippen molar-refractivity contribution in [3.63, 3.8) is 0 Å². The minimum atomic E-state index is -1.21. The zero-order valence-corrected chi connectivity index (χ0v) is 10.4. The van der Waals surface area contributed by atoms with Crippen molar-refractivity contribution in [1.29, 1.82) is 0 Å². The van der Waals surface area contributed by atoms with E-state index in [9.17, 15) is 18.0 Å². The summed E-state index contributed by atoms with van der Waals surface area (Å²) in [6.07, 6.45) is 0. The van der Waals surface area contributed by atoms with Crippen LogP contribution in [-0.4, -0.2) is 29.1 Å². The third kappa shape index (κ3) is 2.89. The van der Waals surface area contributed by atoms with E-state index in [-0.39, 0.29) is 18.0 Å². The second kappa shape index (κ2) is 5.21. The van der Waals surface area contributed by atoms with Crippen LogP contribution in [0.4, 0.5) is 13.2 Å². The number of aliphatic carboxylic acids is 1. The first-order valence-electron chi connectivity index (χ1n) is 5.97. The fourth-order valence-corrected chi connectivity index (χ4v) is 2.18. The number of carboxylic acids is 1. The summed E-state index contributed by atoms with van der Waals surface area (Å²) in [6, 6.07) is 1.38. The van der Waals surface area contributed by atoms with Crippen LogP contribution < -0.4 is 0 Å². The highest BCUT2D eigenvalue weighted by Gasteiger charge is 2.34. The second-order valence-corrected chi connectivity index (χ2v) is 4.94. The highest BCUT2D eigenvalue weighted by molar-refractivity contribution is 5.70. The number of benzene rings is 1. The molecule has 0 aliphatic carbocycles. The van der Waals surface area contributed by atoms with Crippen LogP contribution in [0.2, 0.25) is 0 Å². The first-order valence-corrected chi connectivity index (χ1v) is 5.97. The lowest BCUT2D eigenvalue weighted by molar-refractivity contribution is -0.145. The number of nitrogens with zero attached hydrogens (tertiary/aromatic N) is 1. The molecule has 1 saturated heterocycles. The topological polar surface area (TPSA) is 40.5 Å². The molecule has 1 N–H and O–H groups in total. The van der Waals surface area contributed by atoms with Crippen molar-refractivity contribution in [2.45, 2.75) is 13.5 Å². The number of carboxylic acid groups (broad SMARTS) is 1. The molecule has 2 rings (SSSR count). The van der Waals surface area contributed by atoms with Gasteiger partial charge in [0.2, 0.25) is 0 Å². The molecular weight excluding hydrogens is 259 g/mol. The zero-order chi connectivity index (χ0) is 14.2. The van der Waals surface area contributed by atoms with Crippen molar-refractivity contribution >= 4 is 5.97 Å². The molecule has 1 unspecified atom stereocenters. The molecule has 104 valence electrons. The van der Waals surface area contributed by atoms with E-state index in [1.165, 1.54) is 0 Å². The van der Waals surface area contributed by atoms with E-state index in [0.29, 0.717) is 19.2 Å². The molecule has 0 spiro atoms. The normalized spacial score (nSPS) is 18.1. The first-order chi connectivity index (χ1) is 8.88. The van der Waals surface area contributed by atoms with Crippen LogP contribution in [0.25, 0.3) is 0 Å². The summed E-state index contributed by atoms with van der Waals surface area (Å²) in [7, 11) is 0. The van der Waals surface area contributed by atoms with Gasteiger partial charge in [-0.2, -0.15) is 0 Å². The van der Waals surface area contributed by atoms with Gasteiger partial charge in [0, 0.05) is 31.3 Å². The minimum absolute atomic E-state index is 0.0193. The predicted molar refractivity (Wildman–Crippen MR) is 61.9 cm³/mol. The van der Waals surface area contributed by atoms with Gasteiger partial charge in [-0.25, -0.2) is 13.2 Å². The number of rotatable bonds is 4. The maximum absolute atomic E-state index is 13.4. The van der Waals surface area contributed by atoms with Crippen LogP contribution in [-0.2, 0) is 11.3 Å². The molecule has 1 heterocycles. The molecule has 6 heteroatoms. The summed E-state index contributed by atoms with van der Waals surface area (Å²) in [5.74, 6) is -4.36. The molecule has 1 aromatic carbocycles. The highest BCUT2D eigenvalue weighted by atomic mass is 19.2. The Morgan fingerprint density at radius 3 is 2.47 bits per heavy atom. The van der Waals surface area contributed by atoms with E-state index in [1.807, 2.05) is 0 Å². The Kier molecular flexibility index (Phi) is 3.80. The first kappa shape index (κ1) is 13.9. The van der Waals surface area contributed by atoms with Crippen molar-refractivity contribution in [1.82, 2.24) is 4.90 Å². The Morgan fingerprint density at radius 2 is 1.89 bits per heavy atom. The number of halogens is 3. The molecule has 3 nitrogen and oxygen atoms in total. The van der Waals surface area contributed by atoms with Gasteiger partial charge in [0.05, 0.1) is 5.92 Å². The van der Waals surface area contributed by atoms with Crippen LogP contribution in [0.5, 0.6) is 0 Å². The van der Waals surface area contributed by atoms with E-state index >= 15 is 0 Å². The van der Waals surface area contributed by atoms with Gasteiger partial charge < -0.3 is 5.11 Å². The standard InChI is InChI=1S/C13H14F3NO2/c1-7(13(18)19)9-5-17(6-9)4-8-2-11(15)12(16)3-10(8)14/h2-3,7,9H,4-6H2,1H3,(H,18,19). The average molecular weight is 273 g/mol. The smallest absolute Gasteiger partial charge is 0.306 e. The molecule has 1 aromatic rings.